The summed E-state index contributed by atoms with van der Waals surface area (Å²) < 4.78 is 19.2. The minimum atomic E-state index is -0.446. The zero-order chi connectivity index (χ0) is 15.0. The van der Waals surface area contributed by atoms with Gasteiger partial charge in [0.1, 0.15) is 11.6 Å². The van der Waals surface area contributed by atoms with Crippen LogP contribution in [-0.4, -0.2) is 12.5 Å². The molecule has 108 valence electrons. The molecule has 2 aromatic carbocycles. The normalized spacial score (nSPS) is 13.8. The number of nitrogens with zero attached hydrogens (tertiary/aromatic N) is 1. The van der Waals surface area contributed by atoms with E-state index in [1.807, 2.05) is 0 Å². The van der Waals surface area contributed by atoms with Crippen molar-refractivity contribution in [2.45, 2.75) is 6.54 Å². The van der Waals surface area contributed by atoms with Gasteiger partial charge in [-0.25, -0.2) is 4.39 Å². The number of hydrogen-bond acceptors (Lipinski definition) is 3. The Morgan fingerprint density at radius 3 is 2.90 bits per heavy atom. The third-order valence-electron chi connectivity index (χ3n) is 3.30. The lowest BCUT2D eigenvalue weighted by Gasteiger charge is -2.30. The van der Waals surface area contributed by atoms with Crippen molar-refractivity contribution in [1.29, 1.82) is 0 Å². The van der Waals surface area contributed by atoms with Crippen LogP contribution in [0.5, 0.6) is 5.75 Å². The van der Waals surface area contributed by atoms with E-state index < -0.39 is 5.82 Å². The lowest BCUT2D eigenvalue weighted by Crippen LogP contribution is -2.38. The molecule has 0 spiro atoms. The summed E-state index contributed by atoms with van der Waals surface area (Å²) in [7, 11) is 0. The number of halogens is 2. The van der Waals surface area contributed by atoms with Gasteiger partial charge in [-0.15, -0.1) is 0 Å². The van der Waals surface area contributed by atoms with Crippen molar-refractivity contribution in [3.05, 3.63) is 52.8 Å². The minimum Gasteiger partial charge on any atom is -0.481 e. The molecule has 0 unspecified atom stereocenters. The molecule has 0 atom stereocenters. The van der Waals surface area contributed by atoms with Crippen LogP contribution in [0.4, 0.5) is 15.8 Å². The van der Waals surface area contributed by atoms with Crippen LogP contribution < -0.4 is 15.4 Å². The second kappa shape index (κ2) is 5.26. The Balaban J connectivity index is 2.01. The molecule has 0 saturated heterocycles. The van der Waals surface area contributed by atoms with Gasteiger partial charge in [-0.05, 0) is 24.3 Å². The Kier molecular flexibility index (Phi) is 3.43. The standard InChI is InChI=1S/C15H12ClFN2O2/c16-11-2-1-3-12(17)10(11)7-19-13-5-4-9(18)6-14(13)21-8-15(19)20/h1-6H,7-8,18H2. The maximum Gasteiger partial charge on any atom is 0.265 e. The van der Waals surface area contributed by atoms with Crippen molar-refractivity contribution in [1.82, 2.24) is 0 Å². The number of amides is 1. The van der Waals surface area contributed by atoms with Crippen LogP contribution in [-0.2, 0) is 11.3 Å². The van der Waals surface area contributed by atoms with Gasteiger partial charge >= 0.3 is 0 Å². The summed E-state index contributed by atoms with van der Waals surface area (Å²) in [6, 6.07) is 9.41. The van der Waals surface area contributed by atoms with Gasteiger partial charge in [-0.3, -0.25) is 4.79 Å². The number of carbonyl (C=O) groups is 1. The molecule has 1 amide bonds. The zero-order valence-corrected chi connectivity index (χ0v) is 11.7. The highest BCUT2D eigenvalue weighted by Gasteiger charge is 2.27. The van der Waals surface area contributed by atoms with E-state index in [1.54, 1.807) is 24.3 Å². The number of nitrogens with two attached hydrogens (primary N) is 1. The van der Waals surface area contributed by atoms with Crippen LogP contribution in [0.1, 0.15) is 5.56 Å². The highest BCUT2D eigenvalue weighted by atomic mass is 35.5. The highest BCUT2D eigenvalue weighted by Crippen LogP contribution is 2.35. The second-order valence-corrected chi connectivity index (χ2v) is 5.10. The van der Waals surface area contributed by atoms with Crippen molar-refractivity contribution in [3.63, 3.8) is 0 Å². The maximum absolute atomic E-state index is 13.9. The third-order valence-corrected chi connectivity index (χ3v) is 3.66. The highest BCUT2D eigenvalue weighted by molar-refractivity contribution is 6.31. The van der Waals surface area contributed by atoms with Gasteiger partial charge in [0.15, 0.2) is 6.61 Å². The lowest BCUT2D eigenvalue weighted by molar-refractivity contribution is -0.121. The summed E-state index contributed by atoms with van der Waals surface area (Å²) in [5.41, 5.74) is 7.06. The van der Waals surface area contributed by atoms with Gasteiger partial charge in [0.05, 0.1) is 12.2 Å². The van der Waals surface area contributed by atoms with Gasteiger partial charge in [0, 0.05) is 22.3 Å². The van der Waals surface area contributed by atoms with Gasteiger partial charge < -0.3 is 15.4 Å². The molecule has 0 bridgehead atoms. The molecule has 6 heteroatoms. The van der Waals surface area contributed by atoms with E-state index in [2.05, 4.69) is 0 Å². The Morgan fingerprint density at radius 1 is 1.33 bits per heavy atom. The molecule has 4 nitrogen and oxygen atoms in total. The van der Waals surface area contributed by atoms with E-state index in [-0.39, 0.29) is 29.6 Å². The summed E-state index contributed by atoms with van der Waals surface area (Å²) in [5, 5.41) is 0.284. The maximum atomic E-state index is 13.9. The summed E-state index contributed by atoms with van der Waals surface area (Å²) in [5.74, 6) is -0.201. The lowest BCUT2D eigenvalue weighted by atomic mass is 10.1. The fourth-order valence-corrected chi connectivity index (χ4v) is 2.46. The molecule has 1 aliphatic rings. The van der Waals surface area contributed by atoms with Crippen LogP contribution in [0.3, 0.4) is 0 Å². The fourth-order valence-electron chi connectivity index (χ4n) is 2.24. The first-order valence-electron chi connectivity index (χ1n) is 6.32. The average molecular weight is 307 g/mol. The van der Waals surface area contributed by atoms with E-state index in [4.69, 9.17) is 22.1 Å². The van der Waals surface area contributed by atoms with Crippen molar-refractivity contribution in [3.8, 4) is 5.75 Å². The van der Waals surface area contributed by atoms with Gasteiger partial charge in [0.2, 0.25) is 0 Å². The van der Waals surface area contributed by atoms with Crippen LogP contribution in [0.25, 0.3) is 0 Å². The van der Waals surface area contributed by atoms with Crippen LogP contribution >= 0.6 is 11.6 Å². The number of hydrogen-bond donors (Lipinski definition) is 1. The van der Waals surface area contributed by atoms with Gasteiger partial charge in [-0.2, -0.15) is 0 Å². The third kappa shape index (κ3) is 2.52. The number of rotatable bonds is 2. The summed E-state index contributed by atoms with van der Waals surface area (Å²) in [6.45, 7) is -0.0624. The SMILES string of the molecule is Nc1ccc2c(c1)OCC(=O)N2Cc1c(F)cccc1Cl. The zero-order valence-electron chi connectivity index (χ0n) is 11.0. The molecule has 1 heterocycles. The minimum absolute atomic E-state index is 0.0462. The molecule has 0 saturated carbocycles. The summed E-state index contributed by atoms with van der Waals surface area (Å²) in [4.78, 5) is 13.5. The van der Waals surface area contributed by atoms with Crippen molar-refractivity contribution in [2.24, 2.45) is 0 Å². The van der Waals surface area contributed by atoms with Crippen LogP contribution in [0, 0.1) is 5.82 Å². The molecule has 0 aromatic heterocycles. The van der Waals surface area contributed by atoms with Crippen molar-refractivity contribution < 1.29 is 13.9 Å². The van der Waals surface area contributed by atoms with Crippen LogP contribution in [0.15, 0.2) is 36.4 Å². The van der Waals surface area contributed by atoms with Gasteiger partial charge in [0.25, 0.3) is 5.91 Å². The smallest absolute Gasteiger partial charge is 0.265 e. The van der Waals surface area contributed by atoms with E-state index in [0.29, 0.717) is 17.1 Å². The van der Waals surface area contributed by atoms with E-state index >= 15 is 0 Å². The fraction of sp³-hybridized carbons (Fsp3) is 0.133. The Hall–Kier alpha value is -2.27. The average Bonchev–Trinajstić information content (AvgIpc) is 2.45. The topological polar surface area (TPSA) is 55.6 Å². The first kappa shape index (κ1) is 13.7. The molecule has 0 aliphatic carbocycles. The van der Waals surface area contributed by atoms with E-state index in [9.17, 15) is 9.18 Å². The van der Waals surface area contributed by atoms with E-state index in [0.717, 1.165) is 0 Å². The second-order valence-electron chi connectivity index (χ2n) is 4.70. The molecule has 2 aromatic rings. The predicted molar refractivity (Wildman–Crippen MR) is 78.9 cm³/mol. The summed E-state index contributed by atoms with van der Waals surface area (Å²) >= 11 is 6.02. The van der Waals surface area contributed by atoms with Crippen molar-refractivity contribution in [2.75, 3.05) is 17.2 Å². The van der Waals surface area contributed by atoms with Gasteiger partial charge in [-0.1, -0.05) is 17.7 Å². The Labute approximate surface area is 125 Å². The number of benzene rings is 2. The molecule has 1 aliphatic heterocycles. The molecule has 0 fully saturated rings. The number of carbonyl (C=O) groups excluding carboxylic acids is 1. The molecular weight excluding hydrogens is 295 g/mol. The summed E-state index contributed by atoms with van der Waals surface area (Å²) in [6.07, 6.45) is 0. The monoisotopic (exact) mass is 306 g/mol. The first-order valence-corrected chi connectivity index (χ1v) is 6.69. The van der Waals surface area contributed by atoms with E-state index in [1.165, 1.54) is 17.0 Å². The number of nitrogen functional groups attached to an aromatic ring is 1. The molecule has 21 heavy (non-hydrogen) atoms. The number of ether oxygens (including phenoxy) is 1. The quantitative estimate of drug-likeness (QED) is 0.868. The predicted octanol–water partition coefficient (Wildman–Crippen LogP) is 2.99. The largest absolute Gasteiger partial charge is 0.481 e. The molecular formula is C15H12ClFN2O2. The Bertz CT molecular complexity index is 701. The van der Waals surface area contributed by atoms with Crippen LogP contribution in [0.2, 0.25) is 5.02 Å². The molecule has 2 N–H and O–H groups in total. The Morgan fingerprint density at radius 2 is 2.14 bits per heavy atom. The number of fused-ring (bicyclic) bond motifs is 1. The first-order chi connectivity index (χ1) is 10.1. The molecule has 3 rings (SSSR count). The molecule has 0 radical (unpaired) electrons. The van der Waals surface area contributed by atoms with Crippen molar-refractivity contribution >= 4 is 28.9 Å². The number of anilines is 2.